The van der Waals surface area contributed by atoms with Crippen molar-refractivity contribution in [2.24, 2.45) is 0 Å². The Balaban J connectivity index is 1.37. The Bertz CT molecular complexity index is 2060. The Morgan fingerprint density at radius 1 is 0.449 bits per heavy atom. The largest absolute Gasteiger partial charge is 0.242 e. The Morgan fingerprint density at radius 2 is 0.878 bits per heavy atom. The van der Waals surface area contributed by atoms with Crippen molar-refractivity contribution >= 4 is 109 Å². The molecule has 0 saturated carbocycles. The zero-order valence-electron chi connectivity index (χ0n) is 28.5. The van der Waals surface area contributed by atoms with Crippen LogP contribution in [0.5, 0.6) is 0 Å². The summed E-state index contributed by atoms with van der Waals surface area (Å²) in [6, 6.07) is 23.0. The summed E-state index contributed by atoms with van der Waals surface area (Å²) in [5, 5.41) is 5.07. The maximum absolute atomic E-state index is 5.57. The van der Waals surface area contributed by atoms with Crippen molar-refractivity contribution in [3.05, 3.63) is 79.4 Å². The van der Waals surface area contributed by atoms with Crippen molar-refractivity contribution < 1.29 is 0 Å². The second-order valence-electron chi connectivity index (χ2n) is 13.4. The molecule has 0 N–H and O–H groups in total. The Kier molecular flexibility index (Phi) is 11.8. The zero-order chi connectivity index (χ0) is 33.7. The van der Waals surface area contributed by atoms with Gasteiger partial charge in [0.1, 0.15) is 11.0 Å². The van der Waals surface area contributed by atoms with Gasteiger partial charge < -0.3 is 0 Å². The van der Waals surface area contributed by atoms with E-state index >= 15 is 0 Å². The smallest absolute Gasteiger partial charge is 0.110 e. The number of hydrogen-bond donors (Lipinski definition) is 0. The highest BCUT2D eigenvalue weighted by atomic mass is 79.9. The molecule has 2 nitrogen and oxygen atoms in total. The van der Waals surface area contributed by atoms with Gasteiger partial charge in [0, 0.05) is 20.5 Å². The monoisotopic (exact) mass is 830 g/mol. The third-order valence-electron chi connectivity index (χ3n) is 9.73. The third kappa shape index (κ3) is 7.86. The number of nitrogens with zero attached hydrogens (tertiary/aromatic N) is 2. The Hall–Kier alpha value is -2.16. The molecule has 0 spiro atoms. The SMILES string of the molecule is CCCCCCCCc1ccc2c(c1)c1cc(CCCCCCCC)ccc1c1nc3c(-c4ccc(Br)s4)sc(-c4ccc(Br)s4)c3nc21. The van der Waals surface area contributed by atoms with E-state index in [4.69, 9.17) is 9.97 Å². The number of unbranched alkanes of at least 4 members (excludes halogenated alkanes) is 10. The summed E-state index contributed by atoms with van der Waals surface area (Å²) in [7, 11) is 0. The van der Waals surface area contributed by atoms with Gasteiger partial charge in [-0.15, -0.1) is 34.0 Å². The molecule has 0 aliphatic heterocycles. The number of rotatable bonds is 16. The summed E-state index contributed by atoms with van der Waals surface area (Å²) in [5.74, 6) is 0. The van der Waals surface area contributed by atoms with Gasteiger partial charge in [-0.2, -0.15) is 0 Å². The first-order valence-electron chi connectivity index (χ1n) is 18.2. The van der Waals surface area contributed by atoms with Crippen molar-refractivity contribution in [2.45, 2.75) is 104 Å². The number of halogens is 2. The molecule has 0 unspecified atom stereocenters. The molecule has 7 rings (SSSR count). The first kappa shape index (κ1) is 35.3. The van der Waals surface area contributed by atoms with Crippen molar-refractivity contribution in [3.8, 4) is 19.5 Å². The standard InChI is InChI=1S/C42H44Br2N2S3/c1-3-5-7-9-11-13-15-27-17-19-29-31(25-27)32-26-28(16-14-12-10-8-6-4-2)18-20-30(32)38-37(29)45-39-40(46-38)42(34-22-24-36(44)48-34)49-41(39)33-21-23-35(43)47-33/h17-26H,3-16H2,1-2H3. The third-order valence-corrected chi connectivity index (χ3v) is 14.5. The summed E-state index contributed by atoms with van der Waals surface area (Å²) in [6.07, 6.45) is 18.1. The lowest BCUT2D eigenvalue weighted by Crippen LogP contribution is -1.94. The van der Waals surface area contributed by atoms with Crippen molar-refractivity contribution in [2.75, 3.05) is 0 Å². The number of hydrogen-bond acceptors (Lipinski definition) is 5. The average molecular weight is 833 g/mol. The van der Waals surface area contributed by atoms with E-state index in [9.17, 15) is 0 Å². The van der Waals surface area contributed by atoms with Crippen LogP contribution in [0.15, 0.2) is 68.2 Å². The molecule has 254 valence electrons. The van der Waals surface area contributed by atoms with Crippen LogP contribution in [0.1, 0.15) is 102 Å². The van der Waals surface area contributed by atoms with Gasteiger partial charge >= 0.3 is 0 Å². The molecule has 4 heterocycles. The number of thiophene rings is 3. The molecule has 7 aromatic rings. The van der Waals surface area contributed by atoms with E-state index in [1.54, 1.807) is 22.7 Å². The molecule has 49 heavy (non-hydrogen) atoms. The highest BCUT2D eigenvalue weighted by Gasteiger charge is 2.22. The van der Waals surface area contributed by atoms with Crippen LogP contribution >= 0.6 is 65.9 Å². The average Bonchev–Trinajstić information content (AvgIpc) is 3.85. The Labute approximate surface area is 319 Å². The molecule has 0 aliphatic carbocycles. The molecule has 0 aliphatic rings. The van der Waals surface area contributed by atoms with Crippen LogP contribution in [0.3, 0.4) is 0 Å². The predicted molar refractivity (Wildman–Crippen MR) is 226 cm³/mol. The van der Waals surface area contributed by atoms with Crippen LogP contribution in [-0.2, 0) is 12.8 Å². The molecular formula is C42H44Br2N2S3. The highest BCUT2D eigenvalue weighted by Crippen LogP contribution is 2.48. The van der Waals surface area contributed by atoms with E-state index < -0.39 is 0 Å². The number of fused-ring (bicyclic) bond motifs is 7. The fourth-order valence-electron chi connectivity index (χ4n) is 7.10. The van der Waals surface area contributed by atoms with Gasteiger partial charge in [-0.1, -0.05) is 114 Å². The lowest BCUT2D eigenvalue weighted by Gasteiger charge is -2.13. The van der Waals surface area contributed by atoms with Crippen LogP contribution < -0.4 is 0 Å². The van der Waals surface area contributed by atoms with Crippen molar-refractivity contribution in [1.29, 1.82) is 0 Å². The summed E-state index contributed by atoms with van der Waals surface area (Å²) < 4.78 is 2.26. The van der Waals surface area contributed by atoms with Gasteiger partial charge in [0.2, 0.25) is 0 Å². The van der Waals surface area contributed by atoms with Crippen LogP contribution in [-0.4, -0.2) is 9.97 Å². The molecule has 0 saturated heterocycles. The summed E-state index contributed by atoms with van der Waals surface area (Å²) in [6.45, 7) is 4.58. The topological polar surface area (TPSA) is 25.8 Å². The van der Waals surface area contributed by atoms with Crippen LogP contribution in [0.25, 0.3) is 63.1 Å². The van der Waals surface area contributed by atoms with Crippen LogP contribution in [0.4, 0.5) is 0 Å². The van der Waals surface area contributed by atoms with Gasteiger partial charge in [-0.05, 0) is 104 Å². The van der Waals surface area contributed by atoms with Crippen molar-refractivity contribution in [3.63, 3.8) is 0 Å². The van der Waals surface area contributed by atoms with Crippen LogP contribution in [0.2, 0.25) is 0 Å². The molecule has 0 bridgehead atoms. The highest BCUT2D eigenvalue weighted by molar-refractivity contribution is 9.11. The first-order chi connectivity index (χ1) is 24.0. The summed E-state index contributed by atoms with van der Waals surface area (Å²) in [4.78, 5) is 16.0. The number of aryl methyl sites for hydroxylation is 2. The summed E-state index contributed by atoms with van der Waals surface area (Å²) >= 11 is 12.8. The van der Waals surface area contributed by atoms with E-state index in [1.165, 1.54) is 129 Å². The van der Waals surface area contributed by atoms with E-state index in [-0.39, 0.29) is 0 Å². The lowest BCUT2D eigenvalue weighted by molar-refractivity contribution is 0.607. The molecular weight excluding hydrogens is 788 g/mol. The lowest BCUT2D eigenvalue weighted by atomic mass is 9.94. The van der Waals surface area contributed by atoms with Gasteiger partial charge in [0.15, 0.2) is 0 Å². The number of aromatic nitrogens is 2. The van der Waals surface area contributed by atoms with Crippen molar-refractivity contribution in [1.82, 2.24) is 9.97 Å². The molecule has 7 heteroatoms. The fourth-order valence-corrected chi connectivity index (χ4v) is 11.3. The quantitative estimate of drug-likeness (QED) is 0.0716. The minimum absolute atomic E-state index is 1.00. The molecule has 4 aromatic heterocycles. The van der Waals surface area contributed by atoms with E-state index in [0.717, 1.165) is 42.5 Å². The van der Waals surface area contributed by atoms with Gasteiger partial charge in [0.05, 0.1) is 28.4 Å². The van der Waals surface area contributed by atoms with E-state index in [0.29, 0.717) is 0 Å². The summed E-state index contributed by atoms with van der Waals surface area (Å²) in [5.41, 5.74) is 6.90. The molecule has 0 fully saturated rings. The van der Waals surface area contributed by atoms with Gasteiger partial charge in [0.25, 0.3) is 0 Å². The normalized spacial score (nSPS) is 12.0. The van der Waals surface area contributed by atoms with Gasteiger partial charge in [-0.3, -0.25) is 0 Å². The first-order valence-corrected chi connectivity index (χ1v) is 22.2. The van der Waals surface area contributed by atoms with E-state index in [2.05, 4.69) is 106 Å². The molecule has 3 aromatic carbocycles. The second-order valence-corrected chi connectivity index (χ2v) is 19.3. The molecule has 0 atom stereocenters. The molecule has 0 amide bonds. The maximum atomic E-state index is 5.57. The second kappa shape index (κ2) is 16.5. The van der Waals surface area contributed by atoms with Gasteiger partial charge in [-0.25, -0.2) is 9.97 Å². The molecule has 0 radical (unpaired) electrons. The number of benzene rings is 3. The maximum Gasteiger partial charge on any atom is 0.110 e. The fraction of sp³-hybridized carbons (Fsp3) is 0.381. The van der Waals surface area contributed by atoms with E-state index in [1.807, 2.05) is 11.3 Å². The minimum atomic E-state index is 1.00. The zero-order valence-corrected chi connectivity index (χ0v) is 34.2. The van der Waals surface area contributed by atoms with Crippen LogP contribution in [0, 0.1) is 0 Å². The minimum Gasteiger partial charge on any atom is -0.242 e. The Morgan fingerprint density at radius 3 is 1.29 bits per heavy atom. The predicted octanol–water partition coefficient (Wildman–Crippen LogP) is 15.9.